The lowest BCUT2D eigenvalue weighted by atomic mass is 9.95. The zero-order chi connectivity index (χ0) is 14.2. The first-order valence-corrected chi connectivity index (χ1v) is 7.14. The highest BCUT2D eigenvalue weighted by Crippen LogP contribution is 2.38. The molecule has 1 nitrogen and oxygen atoms in total. The van der Waals surface area contributed by atoms with Gasteiger partial charge in [-0.25, -0.2) is 0 Å². The van der Waals surface area contributed by atoms with Crippen LogP contribution in [0.2, 0.25) is 0 Å². The lowest BCUT2D eigenvalue weighted by Crippen LogP contribution is -2.04. The first-order chi connectivity index (χ1) is 10.3. The van der Waals surface area contributed by atoms with E-state index in [9.17, 15) is 4.79 Å². The van der Waals surface area contributed by atoms with Crippen LogP contribution in [0, 0.1) is 0 Å². The summed E-state index contributed by atoms with van der Waals surface area (Å²) in [5.74, 6) is 0.111. The quantitative estimate of drug-likeness (QED) is 0.490. The smallest absolute Gasteiger partial charge is 0.193 e. The van der Waals surface area contributed by atoms with Crippen LogP contribution in [0.4, 0.5) is 0 Å². The van der Waals surface area contributed by atoms with Crippen molar-refractivity contribution in [1.82, 2.24) is 0 Å². The molecule has 0 heterocycles. The Labute approximate surface area is 123 Å². The minimum absolute atomic E-state index is 0.111. The average Bonchev–Trinajstić information content (AvgIpc) is 2.94. The maximum Gasteiger partial charge on any atom is 0.193 e. The van der Waals surface area contributed by atoms with Crippen LogP contribution >= 0.6 is 0 Å². The lowest BCUT2D eigenvalue weighted by molar-refractivity contribution is 0.103. The fourth-order valence-corrected chi connectivity index (χ4v) is 3.12. The molecule has 0 fully saturated rings. The highest BCUT2D eigenvalue weighted by atomic mass is 16.1. The van der Waals surface area contributed by atoms with Crippen LogP contribution in [-0.2, 0) is 6.42 Å². The predicted octanol–water partition coefficient (Wildman–Crippen LogP) is 4.49. The predicted molar refractivity (Wildman–Crippen MR) is 84.6 cm³/mol. The second kappa shape index (κ2) is 4.71. The summed E-state index contributed by atoms with van der Waals surface area (Å²) in [5.41, 5.74) is 6.51. The van der Waals surface area contributed by atoms with Gasteiger partial charge in [0.25, 0.3) is 0 Å². The molecule has 1 aliphatic rings. The summed E-state index contributed by atoms with van der Waals surface area (Å²) in [4.78, 5) is 12.8. The van der Waals surface area contributed by atoms with Crippen molar-refractivity contribution in [3.05, 3.63) is 95.1 Å². The van der Waals surface area contributed by atoms with E-state index in [1.165, 1.54) is 16.7 Å². The third-order valence-electron chi connectivity index (χ3n) is 4.13. The Hall–Kier alpha value is -2.67. The van der Waals surface area contributed by atoms with Gasteiger partial charge in [-0.3, -0.25) is 4.79 Å². The van der Waals surface area contributed by atoms with Crippen LogP contribution in [-0.4, -0.2) is 5.78 Å². The Kier molecular flexibility index (Phi) is 2.71. The summed E-state index contributed by atoms with van der Waals surface area (Å²) in [5, 5.41) is 0. The molecule has 3 aromatic rings. The van der Waals surface area contributed by atoms with E-state index in [-0.39, 0.29) is 5.78 Å². The van der Waals surface area contributed by atoms with Gasteiger partial charge in [-0.2, -0.15) is 0 Å². The maximum absolute atomic E-state index is 12.8. The summed E-state index contributed by atoms with van der Waals surface area (Å²) in [6, 6.07) is 23.9. The average molecular weight is 270 g/mol. The molecule has 0 N–H and O–H groups in total. The summed E-state index contributed by atoms with van der Waals surface area (Å²) in [7, 11) is 0. The monoisotopic (exact) mass is 270 g/mol. The van der Waals surface area contributed by atoms with E-state index < -0.39 is 0 Å². The van der Waals surface area contributed by atoms with Crippen molar-refractivity contribution in [2.45, 2.75) is 6.42 Å². The van der Waals surface area contributed by atoms with Gasteiger partial charge in [-0.05, 0) is 28.7 Å². The Balaban J connectivity index is 1.86. The summed E-state index contributed by atoms with van der Waals surface area (Å²) in [6.45, 7) is 0. The van der Waals surface area contributed by atoms with E-state index in [2.05, 4.69) is 30.3 Å². The van der Waals surface area contributed by atoms with Crippen molar-refractivity contribution in [1.29, 1.82) is 0 Å². The summed E-state index contributed by atoms with van der Waals surface area (Å²) < 4.78 is 0. The Morgan fingerprint density at radius 1 is 0.714 bits per heavy atom. The van der Waals surface area contributed by atoms with Crippen LogP contribution in [0.3, 0.4) is 0 Å². The van der Waals surface area contributed by atoms with Crippen molar-refractivity contribution in [2.24, 2.45) is 0 Å². The molecule has 0 radical (unpaired) electrons. The normalized spacial score (nSPS) is 11.8. The lowest BCUT2D eigenvalue weighted by Gasteiger charge is -2.07. The molecule has 0 aliphatic heterocycles. The van der Waals surface area contributed by atoms with Gasteiger partial charge in [0.15, 0.2) is 5.78 Å². The van der Waals surface area contributed by atoms with Gasteiger partial charge in [0.1, 0.15) is 0 Å². The van der Waals surface area contributed by atoms with E-state index >= 15 is 0 Å². The molecule has 21 heavy (non-hydrogen) atoms. The van der Waals surface area contributed by atoms with E-state index in [1.807, 2.05) is 42.5 Å². The zero-order valence-electron chi connectivity index (χ0n) is 11.5. The van der Waals surface area contributed by atoms with Gasteiger partial charge in [0.2, 0.25) is 0 Å². The van der Waals surface area contributed by atoms with Crippen molar-refractivity contribution in [3.8, 4) is 11.1 Å². The molecular weight excluding hydrogens is 256 g/mol. The summed E-state index contributed by atoms with van der Waals surface area (Å²) in [6.07, 6.45) is 0.847. The molecule has 4 rings (SSSR count). The van der Waals surface area contributed by atoms with Crippen molar-refractivity contribution in [2.75, 3.05) is 0 Å². The number of benzene rings is 3. The second-order valence-electron chi connectivity index (χ2n) is 5.36. The minimum Gasteiger partial charge on any atom is -0.289 e. The minimum atomic E-state index is 0.111. The van der Waals surface area contributed by atoms with Crippen molar-refractivity contribution >= 4 is 5.78 Å². The molecule has 0 saturated carbocycles. The van der Waals surface area contributed by atoms with Gasteiger partial charge in [0.05, 0.1) is 0 Å². The highest BCUT2D eigenvalue weighted by molar-refractivity contribution is 6.11. The number of hydrogen-bond acceptors (Lipinski definition) is 1. The molecule has 0 aromatic heterocycles. The highest BCUT2D eigenvalue weighted by Gasteiger charge is 2.23. The SMILES string of the molecule is O=C(c1ccccc1)c1cccc2c1Cc1ccccc1-2. The molecule has 100 valence electrons. The number of carbonyl (C=O) groups is 1. The zero-order valence-corrected chi connectivity index (χ0v) is 11.5. The largest absolute Gasteiger partial charge is 0.289 e. The van der Waals surface area contributed by atoms with E-state index in [0.29, 0.717) is 0 Å². The Morgan fingerprint density at radius 3 is 2.29 bits per heavy atom. The topological polar surface area (TPSA) is 17.1 Å². The van der Waals surface area contributed by atoms with Crippen molar-refractivity contribution in [3.63, 3.8) is 0 Å². The third-order valence-corrected chi connectivity index (χ3v) is 4.13. The van der Waals surface area contributed by atoms with Crippen LogP contribution < -0.4 is 0 Å². The maximum atomic E-state index is 12.8. The second-order valence-corrected chi connectivity index (χ2v) is 5.36. The Bertz CT molecular complexity index is 831. The number of ketones is 1. The van der Waals surface area contributed by atoms with Gasteiger partial charge < -0.3 is 0 Å². The van der Waals surface area contributed by atoms with Crippen LogP contribution in [0.15, 0.2) is 72.8 Å². The number of rotatable bonds is 2. The van der Waals surface area contributed by atoms with E-state index in [1.54, 1.807) is 0 Å². The third kappa shape index (κ3) is 1.90. The number of fused-ring (bicyclic) bond motifs is 3. The fourth-order valence-electron chi connectivity index (χ4n) is 3.12. The van der Waals surface area contributed by atoms with Crippen LogP contribution in [0.1, 0.15) is 27.0 Å². The molecular formula is C20H14O. The van der Waals surface area contributed by atoms with Gasteiger partial charge in [0, 0.05) is 11.1 Å². The number of carbonyl (C=O) groups excluding carboxylic acids is 1. The molecule has 0 spiro atoms. The number of hydrogen-bond donors (Lipinski definition) is 0. The van der Waals surface area contributed by atoms with Crippen LogP contribution in [0.25, 0.3) is 11.1 Å². The van der Waals surface area contributed by atoms with Crippen LogP contribution in [0.5, 0.6) is 0 Å². The first-order valence-electron chi connectivity index (χ1n) is 7.14. The van der Waals surface area contributed by atoms with Crippen molar-refractivity contribution < 1.29 is 4.79 Å². The molecule has 0 saturated heterocycles. The molecule has 0 bridgehead atoms. The molecule has 0 atom stereocenters. The molecule has 3 aromatic carbocycles. The van der Waals surface area contributed by atoms with E-state index in [0.717, 1.165) is 23.1 Å². The van der Waals surface area contributed by atoms with Gasteiger partial charge in [-0.15, -0.1) is 0 Å². The van der Waals surface area contributed by atoms with Gasteiger partial charge >= 0.3 is 0 Å². The molecule has 1 heteroatoms. The first kappa shape index (κ1) is 12.1. The summed E-state index contributed by atoms with van der Waals surface area (Å²) >= 11 is 0. The fraction of sp³-hybridized carbons (Fsp3) is 0.0500. The standard InChI is InChI=1S/C20H14O/c21-20(14-7-2-1-3-8-14)18-12-6-11-17-16-10-5-4-9-15(16)13-19(17)18/h1-12H,13H2. The Morgan fingerprint density at radius 2 is 1.43 bits per heavy atom. The molecule has 1 aliphatic carbocycles. The molecule has 0 amide bonds. The van der Waals surface area contributed by atoms with Gasteiger partial charge in [-0.1, -0.05) is 72.8 Å². The van der Waals surface area contributed by atoms with E-state index in [4.69, 9.17) is 0 Å². The molecule has 0 unspecified atom stereocenters.